The maximum absolute atomic E-state index is 11.0. The molecule has 0 saturated carbocycles. The quantitative estimate of drug-likeness (QED) is 0.293. The molecule has 0 spiro atoms. The lowest BCUT2D eigenvalue weighted by molar-refractivity contribution is 0.198. The molecule has 1 saturated heterocycles. The summed E-state index contributed by atoms with van der Waals surface area (Å²) in [5.74, 6) is 1.19. The zero-order valence-corrected chi connectivity index (χ0v) is 18.0. The number of hydrogen-bond acceptors (Lipinski definition) is 3. The second kappa shape index (κ2) is 16.7. The number of urea groups is 1. The highest BCUT2D eigenvalue weighted by Gasteiger charge is 2.25. The number of primary amides is 1. The van der Waals surface area contributed by atoms with Crippen LogP contribution in [0.5, 0.6) is 0 Å². The summed E-state index contributed by atoms with van der Waals surface area (Å²) in [7, 11) is 0. The van der Waals surface area contributed by atoms with Gasteiger partial charge < -0.3 is 5.73 Å². The molecule has 1 aliphatic rings. The van der Waals surface area contributed by atoms with Crippen LogP contribution >= 0.6 is 11.8 Å². The molecule has 0 bridgehead atoms. The van der Waals surface area contributed by atoms with Crippen LogP contribution in [0, 0.1) is 0 Å². The van der Waals surface area contributed by atoms with E-state index in [-0.39, 0.29) is 0 Å². The van der Waals surface area contributed by atoms with Gasteiger partial charge in [0.2, 0.25) is 0 Å². The van der Waals surface area contributed by atoms with Gasteiger partial charge in [-0.2, -0.15) is 0 Å². The van der Waals surface area contributed by atoms with Crippen LogP contribution in [0.15, 0.2) is 0 Å². The normalized spacial score (nSPS) is 17.7. The number of rotatable bonds is 17. The fourth-order valence-electron chi connectivity index (χ4n) is 3.69. The first kappa shape index (κ1) is 23.6. The molecule has 4 nitrogen and oxygen atoms in total. The van der Waals surface area contributed by atoms with Crippen molar-refractivity contribution in [1.82, 2.24) is 10.4 Å². The predicted octanol–water partition coefficient (Wildman–Crippen LogP) is 6.21. The fraction of sp³-hybridized carbons (Fsp3) is 0.952. The van der Waals surface area contributed by atoms with Gasteiger partial charge in [-0.05, 0) is 25.0 Å². The van der Waals surface area contributed by atoms with Crippen molar-refractivity contribution in [3.8, 4) is 0 Å². The van der Waals surface area contributed by atoms with Crippen LogP contribution in [-0.4, -0.2) is 28.7 Å². The van der Waals surface area contributed by atoms with Crippen molar-refractivity contribution in [2.45, 2.75) is 115 Å². The predicted molar refractivity (Wildman–Crippen MR) is 115 cm³/mol. The van der Waals surface area contributed by atoms with E-state index in [2.05, 4.69) is 12.3 Å². The van der Waals surface area contributed by atoms with Gasteiger partial charge in [0, 0.05) is 6.54 Å². The van der Waals surface area contributed by atoms with E-state index < -0.39 is 6.03 Å². The van der Waals surface area contributed by atoms with E-state index in [1.165, 1.54) is 95.6 Å². The number of nitrogens with zero attached hydrogens (tertiary/aromatic N) is 1. The standard InChI is InChI=1S/C21H43N3OS/c1-2-3-4-5-6-7-8-9-10-11-12-13-14-15-19-26-20-17-16-18-24(20)23-21(22)25/h20H,2-19H2,1H3,(H3,22,23,25). The third kappa shape index (κ3) is 12.9. The van der Waals surface area contributed by atoms with Crippen LogP contribution < -0.4 is 11.2 Å². The summed E-state index contributed by atoms with van der Waals surface area (Å²) in [6.07, 6.45) is 22.0. The second-order valence-electron chi connectivity index (χ2n) is 7.73. The topological polar surface area (TPSA) is 58.4 Å². The molecule has 5 heteroatoms. The van der Waals surface area contributed by atoms with Crippen molar-refractivity contribution < 1.29 is 4.79 Å². The number of thioether (sulfide) groups is 1. The van der Waals surface area contributed by atoms with E-state index in [1.807, 2.05) is 16.8 Å². The minimum Gasteiger partial charge on any atom is -0.351 e. The minimum atomic E-state index is -0.436. The molecule has 0 aromatic heterocycles. The second-order valence-corrected chi connectivity index (χ2v) is 9.02. The Balaban J connectivity index is 1.79. The van der Waals surface area contributed by atoms with Gasteiger partial charge in [0.25, 0.3) is 0 Å². The van der Waals surface area contributed by atoms with Crippen molar-refractivity contribution in [3.63, 3.8) is 0 Å². The molecule has 1 fully saturated rings. The van der Waals surface area contributed by atoms with E-state index in [0.29, 0.717) is 5.37 Å². The van der Waals surface area contributed by atoms with Gasteiger partial charge in [0.05, 0.1) is 5.37 Å². The van der Waals surface area contributed by atoms with Gasteiger partial charge in [-0.15, -0.1) is 11.8 Å². The van der Waals surface area contributed by atoms with Crippen molar-refractivity contribution in [2.75, 3.05) is 12.3 Å². The van der Waals surface area contributed by atoms with Gasteiger partial charge in [-0.1, -0.05) is 90.4 Å². The first-order valence-corrected chi connectivity index (χ1v) is 12.2. The maximum atomic E-state index is 11.0. The first-order valence-electron chi connectivity index (χ1n) is 11.2. The summed E-state index contributed by atoms with van der Waals surface area (Å²) in [4.78, 5) is 11.0. The Labute approximate surface area is 166 Å². The molecule has 154 valence electrons. The third-order valence-electron chi connectivity index (χ3n) is 5.26. The zero-order valence-electron chi connectivity index (χ0n) is 17.1. The van der Waals surface area contributed by atoms with Crippen molar-refractivity contribution >= 4 is 17.8 Å². The van der Waals surface area contributed by atoms with E-state index in [1.54, 1.807) is 0 Å². The Morgan fingerprint density at radius 2 is 1.42 bits per heavy atom. The lowest BCUT2D eigenvalue weighted by Gasteiger charge is -2.23. The van der Waals surface area contributed by atoms with Crippen LogP contribution in [0.1, 0.15) is 110 Å². The number of nitrogens with two attached hydrogens (primary N) is 1. The number of nitrogens with one attached hydrogen (secondary N) is 1. The van der Waals surface area contributed by atoms with Gasteiger partial charge >= 0.3 is 6.03 Å². The van der Waals surface area contributed by atoms with E-state index >= 15 is 0 Å². The molecule has 1 heterocycles. The maximum Gasteiger partial charge on any atom is 0.326 e. The zero-order chi connectivity index (χ0) is 18.9. The van der Waals surface area contributed by atoms with Crippen molar-refractivity contribution in [1.29, 1.82) is 0 Å². The van der Waals surface area contributed by atoms with E-state index in [0.717, 1.165) is 19.4 Å². The molecule has 26 heavy (non-hydrogen) atoms. The summed E-state index contributed by atoms with van der Waals surface area (Å²) in [5, 5.41) is 2.43. The summed E-state index contributed by atoms with van der Waals surface area (Å²) in [5.41, 5.74) is 7.96. The van der Waals surface area contributed by atoms with Crippen LogP contribution in [0.3, 0.4) is 0 Å². The molecule has 1 rings (SSSR count). The number of carbonyl (C=O) groups is 1. The van der Waals surface area contributed by atoms with E-state index in [9.17, 15) is 4.79 Å². The summed E-state index contributed by atoms with van der Waals surface area (Å²) < 4.78 is 0. The molecule has 1 unspecified atom stereocenters. The first-order chi connectivity index (χ1) is 12.7. The Bertz CT molecular complexity index is 341. The summed E-state index contributed by atoms with van der Waals surface area (Å²) in [6, 6.07) is -0.436. The average molecular weight is 386 g/mol. The molecule has 2 amide bonds. The summed E-state index contributed by atoms with van der Waals surface area (Å²) in [6.45, 7) is 3.21. The lowest BCUT2D eigenvalue weighted by atomic mass is 10.0. The summed E-state index contributed by atoms with van der Waals surface area (Å²) >= 11 is 1.97. The monoisotopic (exact) mass is 385 g/mol. The Hall–Kier alpha value is -0.420. The highest BCUT2D eigenvalue weighted by atomic mass is 32.2. The number of unbranched alkanes of at least 4 members (excludes halogenated alkanes) is 13. The minimum absolute atomic E-state index is 0.421. The molecule has 0 radical (unpaired) electrons. The number of carbonyl (C=O) groups excluding carboxylic acids is 1. The molecular weight excluding hydrogens is 342 g/mol. The molecule has 0 aromatic carbocycles. The molecule has 1 aliphatic heterocycles. The van der Waals surface area contributed by atoms with E-state index in [4.69, 9.17) is 5.73 Å². The number of hydrazine groups is 1. The molecule has 0 aliphatic carbocycles. The molecular formula is C21H43N3OS. The molecule has 0 aromatic rings. The Morgan fingerprint density at radius 3 is 1.92 bits per heavy atom. The average Bonchev–Trinajstić information content (AvgIpc) is 3.04. The van der Waals surface area contributed by atoms with Crippen molar-refractivity contribution in [3.05, 3.63) is 0 Å². The van der Waals surface area contributed by atoms with Crippen LogP contribution in [0.2, 0.25) is 0 Å². The fourth-order valence-corrected chi connectivity index (χ4v) is 5.01. The van der Waals surface area contributed by atoms with Gasteiger partial charge in [0.15, 0.2) is 0 Å². The SMILES string of the molecule is CCCCCCCCCCCCCCCCSC1CCCN1NC(N)=O. The molecule has 3 N–H and O–H groups in total. The van der Waals surface area contributed by atoms with Crippen LogP contribution in [-0.2, 0) is 0 Å². The largest absolute Gasteiger partial charge is 0.351 e. The van der Waals surface area contributed by atoms with Gasteiger partial charge in [-0.3, -0.25) is 5.43 Å². The highest BCUT2D eigenvalue weighted by molar-refractivity contribution is 7.99. The van der Waals surface area contributed by atoms with Crippen molar-refractivity contribution in [2.24, 2.45) is 5.73 Å². The molecule has 1 atom stereocenters. The number of amides is 2. The Kier molecular flexibility index (Phi) is 15.2. The lowest BCUT2D eigenvalue weighted by Crippen LogP contribution is -2.46. The smallest absolute Gasteiger partial charge is 0.326 e. The number of hydrogen-bond donors (Lipinski definition) is 2. The highest BCUT2D eigenvalue weighted by Crippen LogP contribution is 2.26. The third-order valence-corrected chi connectivity index (χ3v) is 6.66. The Morgan fingerprint density at radius 1 is 0.923 bits per heavy atom. The van der Waals surface area contributed by atoms with Gasteiger partial charge in [0.1, 0.15) is 0 Å². The van der Waals surface area contributed by atoms with Gasteiger partial charge in [-0.25, -0.2) is 9.80 Å². The van der Waals surface area contributed by atoms with Crippen LogP contribution in [0.4, 0.5) is 4.79 Å². The van der Waals surface area contributed by atoms with Crippen LogP contribution in [0.25, 0.3) is 0 Å².